The molecule has 1 saturated heterocycles. The first kappa shape index (κ1) is 14.1. The van der Waals surface area contributed by atoms with E-state index in [4.69, 9.17) is 0 Å². The number of hydrogen-bond acceptors (Lipinski definition) is 3. The molecule has 1 fully saturated rings. The summed E-state index contributed by atoms with van der Waals surface area (Å²) in [4.78, 5) is 14.6. The Morgan fingerprint density at radius 2 is 2.26 bits per heavy atom. The summed E-state index contributed by atoms with van der Waals surface area (Å²) in [6.45, 7) is 5.78. The smallest absolute Gasteiger partial charge is 0.242 e. The van der Waals surface area contributed by atoms with Crippen LogP contribution >= 0.6 is 0 Å². The predicted molar refractivity (Wildman–Crippen MR) is 76.2 cm³/mol. The molecular formula is C14H24N4O. The van der Waals surface area contributed by atoms with Crippen molar-refractivity contribution in [3.8, 4) is 0 Å². The minimum Gasteiger partial charge on any atom is -0.309 e. The zero-order valence-electron chi connectivity index (χ0n) is 12.1. The molecule has 1 atom stereocenters. The molecule has 5 nitrogen and oxygen atoms in total. The lowest BCUT2D eigenvalue weighted by atomic mass is 10.1. The number of anilines is 1. The summed E-state index contributed by atoms with van der Waals surface area (Å²) in [5.41, 5.74) is 1.02. The van der Waals surface area contributed by atoms with Gasteiger partial charge in [0.15, 0.2) is 0 Å². The molecule has 2 heterocycles. The van der Waals surface area contributed by atoms with Crippen molar-refractivity contribution in [3.63, 3.8) is 0 Å². The Bertz CT molecular complexity index is 441. The van der Waals surface area contributed by atoms with Crippen LogP contribution in [-0.2, 0) is 11.3 Å². The molecule has 1 aromatic rings. The van der Waals surface area contributed by atoms with E-state index in [2.05, 4.69) is 15.3 Å². The largest absolute Gasteiger partial charge is 0.309 e. The zero-order valence-corrected chi connectivity index (χ0v) is 12.1. The summed E-state index contributed by atoms with van der Waals surface area (Å²) in [5, 5.41) is 7.32. The first-order valence-electron chi connectivity index (χ1n) is 7.17. The fraction of sp³-hybridized carbons (Fsp3) is 0.714. The molecular weight excluding hydrogens is 240 g/mol. The molecule has 2 rings (SSSR count). The first-order valence-corrected chi connectivity index (χ1v) is 7.17. The van der Waals surface area contributed by atoms with E-state index >= 15 is 0 Å². The lowest BCUT2D eigenvalue weighted by molar-refractivity contribution is -0.120. The summed E-state index contributed by atoms with van der Waals surface area (Å²) >= 11 is 0. The zero-order chi connectivity index (χ0) is 13.8. The van der Waals surface area contributed by atoms with E-state index < -0.39 is 0 Å². The Labute approximate surface area is 115 Å². The minimum absolute atomic E-state index is 0.0119. The lowest BCUT2D eigenvalue weighted by Gasteiger charge is -2.24. The van der Waals surface area contributed by atoms with E-state index in [-0.39, 0.29) is 11.9 Å². The topological polar surface area (TPSA) is 50.2 Å². The second-order valence-corrected chi connectivity index (χ2v) is 5.33. The fourth-order valence-corrected chi connectivity index (χ4v) is 2.66. The van der Waals surface area contributed by atoms with Crippen molar-refractivity contribution >= 4 is 11.7 Å². The number of likely N-dealkylation sites (N-methyl/N-ethyl adjacent to an activating group) is 1. The van der Waals surface area contributed by atoms with Gasteiger partial charge in [-0.05, 0) is 40.3 Å². The number of rotatable bonds is 3. The van der Waals surface area contributed by atoms with Crippen molar-refractivity contribution in [3.05, 3.63) is 11.8 Å². The van der Waals surface area contributed by atoms with Gasteiger partial charge in [-0.25, -0.2) is 4.68 Å². The predicted octanol–water partition coefficient (Wildman–Crippen LogP) is 2.02. The number of hydrogen-bond donors (Lipinski definition) is 1. The highest BCUT2D eigenvalue weighted by atomic mass is 16.2. The van der Waals surface area contributed by atoms with E-state index in [0.717, 1.165) is 37.3 Å². The maximum atomic E-state index is 12.5. The summed E-state index contributed by atoms with van der Waals surface area (Å²) < 4.78 is 1.84. The van der Waals surface area contributed by atoms with Gasteiger partial charge in [0.1, 0.15) is 5.82 Å². The van der Waals surface area contributed by atoms with Gasteiger partial charge in [-0.1, -0.05) is 12.8 Å². The average Bonchev–Trinajstić information content (AvgIpc) is 2.61. The first-order chi connectivity index (χ1) is 9.13. The Balaban J connectivity index is 2.09. The van der Waals surface area contributed by atoms with Gasteiger partial charge in [0.25, 0.3) is 0 Å². The van der Waals surface area contributed by atoms with Gasteiger partial charge in [-0.15, -0.1) is 0 Å². The molecule has 0 aromatic carbocycles. The molecule has 1 amide bonds. The Kier molecular flexibility index (Phi) is 4.58. The second kappa shape index (κ2) is 6.19. The molecule has 106 valence electrons. The Morgan fingerprint density at radius 1 is 1.47 bits per heavy atom. The van der Waals surface area contributed by atoms with Gasteiger partial charge in [0.05, 0.1) is 12.2 Å². The molecule has 5 heteroatoms. The van der Waals surface area contributed by atoms with Crippen molar-refractivity contribution in [2.45, 2.75) is 52.1 Å². The van der Waals surface area contributed by atoms with Crippen molar-refractivity contribution < 1.29 is 4.79 Å². The summed E-state index contributed by atoms with van der Waals surface area (Å²) in [5.74, 6) is 0.938. The lowest BCUT2D eigenvalue weighted by Crippen LogP contribution is -2.41. The summed E-state index contributed by atoms with van der Waals surface area (Å²) in [6, 6.07) is -0.0119. The Hall–Kier alpha value is -1.36. The van der Waals surface area contributed by atoms with Crippen LogP contribution in [-0.4, -0.2) is 40.2 Å². The van der Waals surface area contributed by atoms with E-state index in [1.807, 2.05) is 25.6 Å². The summed E-state index contributed by atoms with van der Waals surface area (Å²) in [6.07, 6.45) is 6.29. The van der Waals surface area contributed by atoms with Crippen LogP contribution in [0.25, 0.3) is 0 Å². The van der Waals surface area contributed by atoms with E-state index in [1.165, 1.54) is 12.8 Å². The molecule has 19 heavy (non-hydrogen) atoms. The van der Waals surface area contributed by atoms with Crippen LogP contribution in [0.15, 0.2) is 6.20 Å². The van der Waals surface area contributed by atoms with Crippen molar-refractivity contribution in [1.82, 2.24) is 14.7 Å². The number of aryl methyl sites for hydroxylation is 2. The fourth-order valence-electron chi connectivity index (χ4n) is 2.66. The highest BCUT2D eigenvalue weighted by Crippen LogP contribution is 2.19. The quantitative estimate of drug-likeness (QED) is 0.908. The monoisotopic (exact) mass is 264 g/mol. The number of nitrogens with zero attached hydrogens (tertiary/aromatic N) is 3. The van der Waals surface area contributed by atoms with Gasteiger partial charge in [0.2, 0.25) is 5.91 Å². The van der Waals surface area contributed by atoms with Crippen molar-refractivity contribution in [1.29, 1.82) is 0 Å². The highest BCUT2D eigenvalue weighted by molar-refractivity contribution is 5.94. The minimum atomic E-state index is -0.0119. The van der Waals surface area contributed by atoms with Crippen molar-refractivity contribution in [2.75, 3.05) is 18.9 Å². The SMILES string of the molecule is CCn1ncc(C)c1NC(=O)[C@@H]1CCCCCN1C. The number of aromatic nitrogens is 2. The molecule has 1 aliphatic heterocycles. The molecule has 0 aliphatic carbocycles. The molecule has 0 bridgehead atoms. The van der Waals surface area contributed by atoms with Gasteiger partial charge in [-0.3, -0.25) is 9.69 Å². The average molecular weight is 264 g/mol. The number of amides is 1. The Morgan fingerprint density at radius 3 is 3.00 bits per heavy atom. The molecule has 0 saturated carbocycles. The maximum absolute atomic E-state index is 12.5. The molecule has 1 aliphatic rings. The molecule has 1 aromatic heterocycles. The van der Waals surface area contributed by atoms with Gasteiger partial charge in [0, 0.05) is 12.1 Å². The van der Waals surface area contributed by atoms with Crippen LogP contribution < -0.4 is 5.32 Å². The maximum Gasteiger partial charge on any atom is 0.242 e. The molecule has 1 N–H and O–H groups in total. The molecule has 0 spiro atoms. The second-order valence-electron chi connectivity index (χ2n) is 5.33. The van der Waals surface area contributed by atoms with E-state index in [9.17, 15) is 4.79 Å². The van der Waals surface area contributed by atoms with E-state index in [1.54, 1.807) is 6.20 Å². The van der Waals surface area contributed by atoms with Gasteiger partial charge >= 0.3 is 0 Å². The number of likely N-dealkylation sites (tertiary alicyclic amines) is 1. The van der Waals surface area contributed by atoms with Crippen molar-refractivity contribution in [2.24, 2.45) is 0 Å². The highest BCUT2D eigenvalue weighted by Gasteiger charge is 2.25. The third kappa shape index (κ3) is 3.15. The van der Waals surface area contributed by atoms with Gasteiger partial charge < -0.3 is 5.32 Å². The third-order valence-corrected chi connectivity index (χ3v) is 3.89. The van der Waals surface area contributed by atoms with Crippen LogP contribution in [0.5, 0.6) is 0 Å². The number of carbonyl (C=O) groups is 1. The van der Waals surface area contributed by atoms with Crippen LogP contribution in [0.2, 0.25) is 0 Å². The third-order valence-electron chi connectivity index (χ3n) is 3.89. The number of nitrogens with one attached hydrogen (secondary N) is 1. The number of carbonyl (C=O) groups excluding carboxylic acids is 1. The molecule has 0 radical (unpaired) electrons. The van der Waals surface area contributed by atoms with Gasteiger partial charge in [-0.2, -0.15) is 5.10 Å². The normalized spacial score (nSPS) is 21.1. The van der Waals surface area contributed by atoms with Crippen LogP contribution in [0.4, 0.5) is 5.82 Å². The van der Waals surface area contributed by atoms with Crippen LogP contribution in [0.3, 0.4) is 0 Å². The van der Waals surface area contributed by atoms with Crippen LogP contribution in [0.1, 0.15) is 38.2 Å². The van der Waals surface area contributed by atoms with E-state index in [0.29, 0.717) is 0 Å². The standard InChI is InChI=1S/C14H24N4O/c1-4-18-13(11(2)10-15-18)16-14(19)12-8-6-5-7-9-17(12)3/h10,12H,4-9H2,1-3H3,(H,16,19)/t12-/m0/s1. The van der Waals surface area contributed by atoms with Crippen LogP contribution in [0, 0.1) is 6.92 Å². The summed E-state index contributed by atoms with van der Waals surface area (Å²) in [7, 11) is 2.04. The molecule has 0 unspecified atom stereocenters.